The molecule has 3 heteroatoms. The third-order valence-electron chi connectivity index (χ3n) is 3.74. The van der Waals surface area contributed by atoms with Crippen molar-refractivity contribution in [1.82, 2.24) is 15.0 Å². The summed E-state index contributed by atoms with van der Waals surface area (Å²) in [7, 11) is 0. The first-order chi connectivity index (χ1) is 9.90. The summed E-state index contributed by atoms with van der Waals surface area (Å²) < 4.78 is 0. The number of aromatic nitrogens is 3. The van der Waals surface area contributed by atoms with Gasteiger partial charge in [0, 0.05) is 23.5 Å². The summed E-state index contributed by atoms with van der Waals surface area (Å²) in [6, 6.07) is 16.6. The van der Waals surface area contributed by atoms with Gasteiger partial charge in [0.2, 0.25) is 0 Å². The maximum atomic E-state index is 4.63. The van der Waals surface area contributed by atoms with Crippen LogP contribution in [0.1, 0.15) is 11.4 Å². The van der Waals surface area contributed by atoms with Gasteiger partial charge in [-0.2, -0.15) is 0 Å². The fourth-order valence-corrected chi connectivity index (χ4v) is 2.72. The summed E-state index contributed by atoms with van der Waals surface area (Å²) >= 11 is 0. The van der Waals surface area contributed by atoms with Crippen LogP contribution >= 0.6 is 0 Å². The number of H-pyrrole nitrogens is 2. The normalized spacial score (nSPS) is 11.4. The molecule has 0 aliphatic heterocycles. The van der Waals surface area contributed by atoms with Gasteiger partial charge < -0.3 is 9.97 Å². The highest BCUT2D eigenvalue weighted by Gasteiger charge is 2.06. The van der Waals surface area contributed by atoms with Crippen LogP contribution in [-0.4, -0.2) is 15.0 Å². The zero-order valence-corrected chi connectivity index (χ0v) is 11.1. The van der Waals surface area contributed by atoms with Crippen molar-refractivity contribution in [2.45, 2.75) is 12.8 Å². The molecule has 0 saturated heterocycles. The topological polar surface area (TPSA) is 44.5 Å². The summed E-state index contributed by atoms with van der Waals surface area (Å²) in [6.45, 7) is 0. The number of nitrogens with zero attached hydrogens (tertiary/aromatic N) is 1. The van der Waals surface area contributed by atoms with E-state index in [0.29, 0.717) is 0 Å². The molecule has 0 aliphatic rings. The summed E-state index contributed by atoms with van der Waals surface area (Å²) in [5.74, 6) is 1.05. The summed E-state index contributed by atoms with van der Waals surface area (Å²) in [5, 5.41) is 1.31. The Bertz CT molecular complexity index is 837. The monoisotopic (exact) mass is 261 g/mol. The maximum absolute atomic E-state index is 4.63. The quantitative estimate of drug-likeness (QED) is 0.578. The number of benzene rings is 2. The molecule has 2 N–H and O–H groups in total. The third-order valence-corrected chi connectivity index (χ3v) is 3.74. The SMILES string of the molecule is c1ccc2[nH]c(CCc3c[nH]c4ccccc34)nc2c1. The molecule has 3 nitrogen and oxygen atoms in total. The minimum absolute atomic E-state index is 0.927. The average molecular weight is 261 g/mol. The number of aryl methyl sites for hydroxylation is 2. The van der Waals surface area contributed by atoms with Crippen LogP contribution in [-0.2, 0) is 12.8 Å². The van der Waals surface area contributed by atoms with Gasteiger partial charge in [-0.05, 0) is 30.2 Å². The van der Waals surface area contributed by atoms with Gasteiger partial charge in [-0.3, -0.25) is 0 Å². The van der Waals surface area contributed by atoms with Gasteiger partial charge in [-0.15, -0.1) is 0 Å². The van der Waals surface area contributed by atoms with E-state index in [4.69, 9.17) is 0 Å². The van der Waals surface area contributed by atoms with Gasteiger partial charge >= 0.3 is 0 Å². The van der Waals surface area contributed by atoms with Crippen molar-refractivity contribution in [1.29, 1.82) is 0 Å². The number of fused-ring (bicyclic) bond motifs is 2. The first kappa shape index (κ1) is 11.3. The van der Waals surface area contributed by atoms with E-state index >= 15 is 0 Å². The Labute approximate surface area is 116 Å². The predicted octanol–water partition coefficient (Wildman–Crippen LogP) is 3.83. The fourth-order valence-electron chi connectivity index (χ4n) is 2.72. The summed E-state index contributed by atoms with van der Waals surface area (Å²) in [4.78, 5) is 11.3. The summed E-state index contributed by atoms with van der Waals surface area (Å²) in [6.07, 6.45) is 4.02. The van der Waals surface area contributed by atoms with Crippen LogP contribution in [0.15, 0.2) is 54.7 Å². The van der Waals surface area contributed by atoms with E-state index in [1.807, 2.05) is 18.2 Å². The molecular weight excluding hydrogens is 246 g/mol. The Balaban J connectivity index is 1.60. The molecule has 0 radical (unpaired) electrons. The lowest BCUT2D eigenvalue weighted by Crippen LogP contribution is -1.92. The number of hydrogen-bond acceptors (Lipinski definition) is 1. The van der Waals surface area contributed by atoms with Crippen LogP contribution in [0.25, 0.3) is 21.9 Å². The van der Waals surface area contributed by atoms with E-state index in [-0.39, 0.29) is 0 Å². The Morgan fingerprint density at radius 1 is 0.850 bits per heavy atom. The molecule has 0 spiro atoms. The number of para-hydroxylation sites is 3. The smallest absolute Gasteiger partial charge is 0.107 e. The highest BCUT2D eigenvalue weighted by Crippen LogP contribution is 2.19. The van der Waals surface area contributed by atoms with Crippen LogP contribution in [0.4, 0.5) is 0 Å². The molecule has 0 bridgehead atoms. The lowest BCUT2D eigenvalue weighted by Gasteiger charge is -1.97. The Kier molecular flexibility index (Phi) is 2.56. The zero-order valence-electron chi connectivity index (χ0n) is 11.1. The van der Waals surface area contributed by atoms with Gasteiger partial charge in [0.05, 0.1) is 11.0 Å². The van der Waals surface area contributed by atoms with Crippen molar-refractivity contribution in [3.63, 3.8) is 0 Å². The molecule has 0 saturated carbocycles. The average Bonchev–Trinajstić information content (AvgIpc) is 3.08. The Morgan fingerprint density at radius 3 is 2.55 bits per heavy atom. The number of imidazole rings is 1. The molecule has 0 fully saturated rings. The van der Waals surface area contributed by atoms with Crippen LogP contribution < -0.4 is 0 Å². The second kappa shape index (κ2) is 4.53. The molecule has 4 rings (SSSR count). The van der Waals surface area contributed by atoms with E-state index in [0.717, 1.165) is 29.7 Å². The second-order valence-electron chi connectivity index (χ2n) is 5.06. The molecule has 2 aromatic carbocycles. The minimum Gasteiger partial charge on any atom is -0.361 e. The lowest BCUT2D eigenvalue weighted by molar-refractivity contribution is 0.895. The largest absolute Gasteiger partial charge is 0.361 e. The van der Waals surface area contributed by atoms with E-state index in [9.17, 15) is 0 Å². The fraction of sp³-hybridized carbons (Fsp3) is 0.118. The Hall–Kier alpha value is -2.55. The Morgan fingerprint density at radius 2 is 1.65 bits per heavy atom. The van der Waals surface area contributed by atoms with Crippen LogP contribution in [0.5, 0.6) is 0 Å². The minimum atomic E-state index is 0.927. The van der Waals surface area contributed by atoms with Gasteiger partial charge in [-0.1, -0.05) is 30.3 Å². The van der Waals surface area contributed by atoms with Crippen LogP contribution in [0.2, 0.25) is 0 Å². The first-order valence-corrected chi connectivity index (χ1v) is 6.89. The van der Waals surface area contributed by atoms with E-state index in [2.05, 4.69) is 51.5 Å². The number of nitrogens with one attached hydrogen (secondary N) is 2. The number of rotatable bonds is 3. The zero-order chi connectivity index (χ0) is 13.4. The standard InChI is InChI=1S/C17H15N3/c1-2-6-14-13(5-1)12(11-18-14)9-10-17-19-15-7-3-4-8-16(15)20-17/h1-8,11,18H,9-10H2,(H,19,20). The van der Waals surface area contributed by atoms with Crippen molar-refractivity contribution in [2.75, 3.05) is 0 Å². The van der Waals surface area contributed by atoms with Crippen LogP contribution in [0.3, 0.4) is 0 Å². The van der Waals surface area contributed by atoms with E-state index in [1.165, 1.54) is 16.5 Å². The highest BCUT2D eigenvalue weighted by molar-refractivity contribution is 5.83. The van der Waals surface area contributed by atoms with E-state index in [1.54, 1.807) is 0 Å². The molecule has 0 aliphatic carbocycles. The molecule has 20 heavy (non-hydrogen) atoms. The van der Waals surface area contributed by atoms with Crippen molar-refractivity contribution in [2.24, 2.45) is 0 Å². The second-order valence-corrected chi connectivity index (χ2v) is 5.06. The molecule has 0 amide bonds. The van der Waals surface area contributed by atoms with Gasteiger partial charge in [0.1, 0.15) is 5.82 Å². The van der Waals surface area contributed by atoms with E-state index < -0.39 is 0 Å². The van der Waals surface area contributed by atoms with Gasteiger partial charge in [0.15, 0.2) is 0 Å². The van der Waals surface area contributed by atoms with Crippen molar-refractivity contribution in [3.05, 3.63) is 66.1 Å². The van der Waals surface area contributed by atoms with Crippen molar-refractivity contribution in [3.8, 4) is 0 Å². The molecule has 98 valence electrons. The molecule has 2 heterocycles. The molecule has 0 atom stereocenters. The summed E-state index contributed by atoms with van der Waals surface area (Å²) in [5.41, 5.74) is 4.70. The maximum Gasteiger partial charge on any atom is 0.107 e. The van der Waals surface area contributed by atoms with Crippen molar-refractivity contribution >= 4 is 21.9 Å². The molecular formula is C17H15N3. The van der Waals surface area contributed by atoms with Gasteiger partial charge in [0.25, 0.3) is 0 Å². The van der Waals surface area contributed by atoms with Gasteiger partial charge in [-0.25, -0.2) is 4.98 Å². The third kappa shape index (κ3) is 1.88. The lowest BCUT2D eigenvalue weighted by atomic mass is 10.1. The molecule has 0 unspecified atom stereocenters. The molecule has 4 aromatic rings. The first-order valence-electron chi connectivity index (χ1n) is 6.89. The van der Waals surface area contributed by atoms with Crippen LogP contribution in [0, 0.1) is 0 Å². The predicted molar refractivity (Wildman–Crippen MR) is 81.8 cm³/mol. The highest BCUT2D eigenvalue weighted by atomic mass is 14.9. The number of hydrogen-bond donors (Lipinski definition) is 2. The number of aromatic amines is 2. The van der Waals surface area contributed by atoms with Crippen molar-refractivity contribution < 1.29 is 0 Å². The molecule has 2 aromatic heterocycles.